The number of rotatable bonds is 5. The topological polar surface area (TPSA) is 28.2 Å². The number of benzene rings is 2. The molecule has 3 nitrogen and oxygen atoms in total. The maximum atomic E-state index is 5.79. The Kier molecular flexibility index (Phi) is 6.20. The molecule has 27 heavy (non-hydrogen) atoms. The van der Waals surface area contributed by atoms with Crippen molar-refractivity contribution in [2.75, 3.05) is 5.32 Å². The zero-order valence-corrected chi connectivity index (χ0v) is 16.9. The quantitative estimate of drug-likeness (QED) is 0.604. The molecule has 0 saturated heterocycles. The van der Waals surface area contributed by atoms with Crippen molar-refractivity contribution in [3.63, 3.8) is 0 Å². The molecule has 3 aromatic rings. The van der Waals surface area contributed by atoms with Gasteiger partial charge in [0.05, 0.1) is 12.2 Å². The maximum Gasteiger partial charge on any atom is 0.174 e. The first kappa shape index (κ1) is 19.1. The van der Waals surface area contributed by atoms with Crippen LogP contribution in [-0.2, 0) is 13.1 Å². The fourth-order valence-corrected chi connectivity index (χ4v) is 3.48. The number of nitrogens with one attached hydrogen (secondary N) is 1. The summed E-state index contributed by atoms with van der Waals surface area (Å²) < 4.78 is 0. The molecule has 0 spiro atoms. The van der Waals surface area contributed by atoms with Gasteiger partial charge in [-0.3, -0.25) is 4.98 Å². The van der Waals surface area contributed by atoms with Crippen molar-refractivity contribution in [2.45, 2.75) is 33.9 Å². The van der Waals surface area contributed by atoms with Gasteiger partial charge in [-0.2, -0.15) is 0 Å². The zero-order chi connectivity index (χ0) is 19.2. The van der Waals surface area contributed by atoms with Crippen LogP contribution in [0.5, 0.6) is 0 Å². The van der Waals surface area contributed by atoms with Crippen LogP contribution in [0.15, 0.2) is 66.9 Å². The van der Waals surface area contributed by atoms with E-state index < -0.39 is 0 Å². The van der Waals surface area contributed by atoms with Crippen molar-refractivity contribution >= 4 is 23.0 Å². The Hall–Kier alpha value is -2.72. The lowest BCUT2D eigenvalue weighted by Crippen LogP contribution is -2.34. The van der Waals surface area contributed by atoms with Crippen LogP contribution in [0.25, 0.3) is 0 Å². The third-order valence-corrected chi connectivity index (χ3v) is 4.85. The molecule has 0 saturated carbocycles. The second-order valence-electron chi connectivity index (χ2n) is 6.87. The molecule has 138 valence electrons. The SMILES string of the molecule is Cc1cc(C)c(NC(=S)N(Cc2ccccc2)Cc2ccccn2)c(C)c1. The van der Waals surface area contributed by atoms with Crippen LogP contribution in [0.1, 0.15) is 27.9 Å². The molecule has 0 amide bonds. The lowest BCUT2D eigenvalue weighted by Gasteiger charge is -2.27. The van der Waals surface area contributed by atoms with Crippen LogP contribution >= 0.6 is 12.2 Å². The summed E-state index contributed by atoms with van der Waals surface area (Å²) in [5.41, 5.74) is 6.96. The third kappa shape index (κ3) is 5.14. The van der Waals surface area contributed by atoms with Crippen LogP contribution in [0.3, 0.4) is 0 Å². The maximum absolute atomic E-state index is 5.79. The van der Waals surface area contributed by atoms with Gasteiger partial charge in [0, 0.05) is 18.4 Å². The van der Waals surface area contributed by atoms with Crippen LogP contribution in [-0.4, -0.2) is 15.0 Å². The highest BCUT2D eigenvalue weighted by atomic mass is 32.1. The summed E-state index contributed by atoms with van der Waals surface area (Å²) in [5.74, 6) is 0. The molecule has 1 aromatic heterocycles. The average Bonchev–Trinajstić information content (AvgIpc) is 2.65. The van der Waals surface area contributed by atoms with Gasteiger partial charge in [-0.1, -0.05) is 54.1 Å². The minimum atomic E-state index is 0.658. The monoisotopic (exact) mass is 375 g/mol. The fraction of sp³-hybridized carbons (Fsp3) is 0.217. The molecule has 3 rings (SSSR count). The van der Waals surface area contributed by atoms with Crippen molar-refractivity contribution in [3.05, 3.63) is 94.8 Å². The summed E-state index contributed by atoms with van der Waals surface area (Å²) >= 11 is 5.79. The van der Waals surface area contributed by atoms with Crippen LogP contribution in [0.2, 0.25) is 0 Å². The van der Waals surface area contributed by atoms with E-state index in [-0.39, 0.29) is 0 Å². The van der Waals surface area contributed by atoms with Crippen molar-refractivity contribution in [1.82, 2.24) is 9.88 Å². The predicted molar refractivity (Wildman–Crippen MR) is 117 cm³/mol. The highest BCUT2D eigenvalue weighted by Crippen LogP contribution is 2.23. The zero-order valence-electron chi connectivity index (χ0n) is 16.1. The normalized spacial score (nSPS) is 10.5. The number of aromatic nitrogens is 1. The summed E-state index contributed by atoms with van der Waals surface area (Å²) in [4.78, 5) is 6.63. The van der Waals surface area contributed by atoms with Crippen molar-refractivity contribution in [1.29, 1.82) is 0 Å². The van der Waals surface area contributed by atoms with E-state index in [9.17, 15) is 0 Å². The van der Waals surface area contributed by atoms with Gasteiger partial charge in [-0.25, -0.2) is 0 Å². The number of hydrogen-bond acceptors (Lipinski definition) is 2. The fourth-order valence-electron chi connectivity index (χ4n) is 3.25. The molecule has 0 atom stereocenters. The van der Waals surface area contributed by atoms with Crippen molar-refractivity contribution < 1.29 is 0 Å². The predicted octanol–water partition coefficient (Wildman–Crippen LogP) is 5.41. The van der Waals surface area contributed by atoms with Gasteiger partial charge < -0.3 is 10.2 Å². The van der Waals surface area contributed by atoms with Crippen LogP contribution < -0.4 is 5.32 Å². The van der Waals surface area contributed by atoms with Crippen LogP contribution in [0, 0.1) is 20.8 Å². The molecule has 0 aliphatic rings. The standard InChI is InChI=1S/C23H25N3S/c1-17-13-18(2)22(19(3)14-17)25-23(27)26(15-20-9-5-4-6-10-20)16-21-11-7-8-12-24-21/h4-14H,15-16H2,1-3H3,(H,25,27). The summed E-state index contributed by atoms with van der Waals surface area (Å²) in [6, 6.07) is 20.7. The van der Waals surface area contributed by atoms with E-state index >= 15 is 0 Å². The summed E-state index contributed by atoms with van der Waals surface area (Å²) in [6.45, 7) is 7.74. The first-order chi connectivity index (χ1) is 13.0. The van der Waals surface area contributed by atoms with E-state index in [1.165, 1.54) is 22.3 Å². The average molecular weight is 376 g/mol. The van der Waals surface area contributed by atoms with E-state index in [1.54, 1.807) is 0 Å². The van der Waals surface area contributed by atoms with E-state index in [1.807, 2.05) is 30.5 Å². The van der Waals surface area contributed by atoms with Gasteiger partial charge in [0.1, 0.15) is 0 Å². The second kappa shape index (κ2) is 8.78. The Bertz CT molecular complexity index is 843. The molecule has 1 N–H and O–H groups in total. The highest BCUT2D eigenvalue weighted by Gasteiger charge is 2.14. The van der Waals surface area contributed by atoms with Gasteiger partial charge in [0.2, 0.25) is 0 Å². The van der Waals surface area contributed by atoms with Crippen molar-refractivity contribution in [2.24, 2.45) is 0 Å². The van der Waals surface area contributed by atoms with Gasteiger partial charge in [-0.05, 0) is 61.8 Å². The van der Waals surface area contributed by atoms with Gasteiger partial charge in [0.25, 0.3) is 0 Å². The first-order valence-electron chi connectivity index (χ1n) is 9.10. The number of aryl methyl sites for hydroxylation is 3. The molecular weight excluding hydrogens is 350 g/mol. The molecule has 2 aromatic carbocycles. The number of hydrogen-bond donors (Lipinski definition) is 1. The number of nitrogens with zero attached hydrogens (tertiary/aromatic N) is 2. The molecule has 0 bridgehead atoms. The van der Waals surface area contributed by atoms with E-state index in [0.717, 1.165) is 17.9 Å². The second-order valence-corrected chi connectivity index (χ2v) is 7.25. The molecule has 0 aliphatic carbocycles. The Morgan fingerprint density at radius 1 is 0.926 bits per heavy atom. The molecule has 0 fully saturated rings. The van der Waals surface area contributed by atoms with E-state index in [4.69, 9.17) is 12.2 Å². The minimum absolute atomic E-state index is 0.658. The number of anilines is 1. The largest absolute Gasteiger partial charge is 0.339 e. The summed E-state index contributed by atoms with van der Waals surface area (Å²) in [6.07, 6.45) is 1.82. The van der Waals surface area contributed by atoms with Gasteiger partial charge >= 0.3 is 0 Å². The summed E-state index contributed by atoms with van der Waals surface area (Å²) in [5, 5.41) is 4.18. The van der Waals surface area contributed by atoms with E-state index in [0.29, 0.717) is 11.7 Å². The van der Waals surface area contributed by atoms with Gasteiger partial charge in [0.15, 0.2) is 5.11 Å². The Labute approximate surface area is 167 Å². The lowest BCUT2D eigenvalue weighted by atomic mass is 10.1. The molecule has 0 aliphatic heterocycles. The van der Waals surface area contributed by atoms with Crippen LogP contribution in [0.4, 0.5) is 5.69 Å². The Morgan fingerprint density at radius 3 is 2.22 bits per heavy atom. The molecule has 0 unspecified atom stereocenters. The molecule has 1 heterocycles. The smallest absolute Gasteiger partial charge is 0.174 e. The Morgan fingerprint density at radius 2 is 1.59 bits per heavy atom. The third-order valence-electron chi connectivity index (χ3n) is 4.49. The lowest BCUT2D eigenvalue weighted by molar-refractivity contribution is 0.407. The van der Waals surface area contributed by atoms with E-state index in [2.05, 4.69) is 72.4 Å². The summed E-state index contributed by atoms with van der Waals surface area (Å²) in [7, 11) is 0. The first-order valence-corrected chi connectivity index (χ1v) is 9.51. The van der Waals surface area contributed by atoms with Gasteiger partial charge in [-0.15, -0.1) is 0 Å². The number of thiocarbonyl (C=S) groups is 1. The Balaban J connectivity index is 1.84. The van der Waals surface area contributed by atoms with Crippen molar-refractivity contribution in [3.8, 4) is 0 Å². The molecule has 0 radical (unpaired) electrons. The minimum Gasteiger partial charge on any atom is -0.339 e. The molecule has 4 heteroatoms. The highest BCUT2D eigenvalue weighted by molar-refractivity contribution is 7.80. The number of pyridine rings is 1. The molecular formula is C23H25N3S.